The van der Waals surface area contributed by atoms with Gasteiger partial charge in [0.25, 0.3) is 0 Å². The van der Waals surface area contributed by atoms with Gasteiger partial charge in [0.15, 0.2) is 0 Å². The minimum Gasteiger partial charge on any atom is -0.469 e. The molecule has 0 aromatic carbocycles. The lowest BCUT2D eigenvalue weighted by atomic mass is 9.90. The van der Waals surface area contributed by atoms with Crippen LogP contribution in [0.5, 0.6) is 0 Å². The molecule has 0 aromatic rings. The van der Waals surface area contributed by atoms with Gasteiger partial charge in [0, 0.05) is 13.1 Å². The zero-order chi connectivity index (χ0) is 14.7. The predicted octanol–water partition coefficient (Wildman–Crippen LogP) is 0.550. The van der Waals surface area contributed by atoms with Crippen LogP contribution in [0, 0.1) is 5.41 Å². The van der Waals surface area contributed by atoms with Gasteiger partial charge < -0.3 is 15.0 Å². The summed E-state index contributed by atoms with van der Waals surface area (Å²) in [6.45, 7) is 0.594. The average Bonchev–Trinajstić information content (AvgIpc) is 2.70. The van der Waals surface area contributed by atoms with Gasteiger partial charge in [-0.1, -0.05) is 0 Å². The van der Waals surface area contributed by atoms with Crippen LogP contribution in [0.1, 0.15) is 13.3 Å². The minimum absolute atomic E-state index is 0.173. The summed E-state index contributed by atoms with van der Waals surface area (Å²) in [7, 11) is 1.27. The number of alkyl halides is 3. The average molecular weight is 282 g/mol. The molecular formula is C11H17F3N2O3. The van der Waals surface area contributed by atoms with Gasteiger partial charge in [-0.05, 0) is 13.3 Å². The third kappa shape index (κ3) is 4.38. The van der Waals surface area contributed by atoms with E-state index in [9.17, 15) is 22.8 Å². The van der Waals surface area contributed by atoms with Crippen LogP contribution in [0.3, 0.4) is 0 Å². The smallest absolute Gasteiger partial charge is 0.401 e. The highest BCUT2D eigenvalue weighted by Crippen LogP contribution is 2.31. The number of amides is 1. The van der Waals surface area contributed by atoms with Crippen LogP contribution in [-0.2, 0) is 14.3 Å². The number of ether oxygens (including phenoxy) is 1. The second-order valence-corrected chi connectivity index (χ2v) is 4.84. The standard InChI is InChI=1S/C11H17F3N2O3/c1-10(9(18)19-2)3-4-16(7-10)8(17)5-15-6-11(12,13)14/h15H,3-7H2,1-2H3/t10-/m1/s1. The first kappa shape index (κ1) is 15.7. The van der Waals surface area contributed by atoms with Gasteiger partial charge in [0.05, 0.1) is 25.6 Å². The Kier molecular flexibility index (Phi) is 4.78. The third-order valence-electron chi connectivity index (χ3n) is 3.11. The third-order valence-corrected chi connectivity index (χ3v) is 3.11. The van der Waals surface area contributed by atoms with Crippen LogP contribution < -0.4 is 5.32 Å². The molecular weight excluding hydrogens is 265 g/mol. The van der Waals surface area contributed by atoms with E-state index in [0.29, 0.717) is 13.0 Å². The van der Waals surface area contributed by atoms with Gasteiger partial charge in [-0.25, -0.2) is 0 Å². The van der Waals surface area contributed by atoms with Crippen molar-refractivity contribution in [3.63, 3.8) is 0 Å². The number of esters is 1. The van der Waals surface area contributed by atoms with E-state index in [1.807, 2.05) is 5.32 Å². The first-order valence-electron chi connectivity index (χ1n) is 5.81. The SMILES string of the molecule is COC(=O)[C@]1(C)CCN(C(=O)CNCC(F)(F)F)C1. The first-order valence-corrected chi connectivity index (χ1v) is 5.81. The summed E-state index contributed by atoms with van der Waals surface area (Å²) in [6, 6.07) is 0. The molecule has 1 aliphatic rings. The summed E-state index contributed by atoms with van der Waals surface area (Å²) < 4.78 is 40.4. The summed E-state index contributed by atoms with van der Waals surface area (Å²) in [5.41, 5.74) is -0.769. The number of methoxy groups -OCH3 is 1. The van der Waals surface area contributed by atoms with Crippen molar-refractivity contribution < 1.29 is 27.5 Å². The van der Waals surface area contributed by atoms with E-state index < -0.39 is 36.6 Å². The maximum absolute atomic E-state index is 11.9. The van der Waals surface area contributed by atoms with Crippen molar-refractivity contribution in [3.05, 3.63) is 0 Å². The Hall–Kier alpha value is -1.31. The van der Waals surface area contributed by atoms with E-state index in [2.05, 4.69) is 4.74 Å². The quantitative estimate of drug-likeness (QED) is 0.765. The Morgan fingerprint density at radius 2 is 2.05 bits per heavy atom. The second kappa shape index (κ2) is 5.77. The summed E-state index contributed by atoms with van der Waals surface area (Å²) in [4.78, 5) is 24.6. The van der Waals surface area contributed by atoms with E-state index >= 15 is 0 Å². The Morgan fingerprint density at radius 3 is 2.58 bits per heavy atom. The number of hydrogen-bond acceptors (Lipinski definition) is 4. The molecule has 5 nitrogen and oxygen atoms in total. The fourth-order valence-electron chi connectivity index (χ4n) is 2.01. The summed E-state index contributed by atoms with van der Waals surface area (Å²) >= 11 is 0. The lowest BCUT2D eigenvalue weighted by molar-refractivity contribution is -0.151. The highest BCUT2D eigenvalue weighted by Gasteiger charge is 2.42. The lowest BCUT2D eigenvalue weighted by Gasteiger charge is -2.22. The Labute approximate surface area is 109 Å². The van der Waals surface area contributed by atoms with Crippen molar-refractivity contribution >= 4 is 11.9 Å². The van der Waals surface area contributed by atoms with E-state index in [1.165, 1.54) is 12.0 Å². The Balaban J connectivity index is 2.42. The lowest BCUT2D eigenvalue weighted by Crippen LogP contribution is -2.41. The zero-order valence-corrected chi connectivity index (χ0v) is 10.8. The van der Waals surface area contributed by atoms with Crippen molar-refractivity contribution in [2.45, 2.75) is 19.5 Å². The largest absolute Gasteiger partial charge is 0.469 e. The predicted molar refractivity (Wildman–Crippen MR) is 60.2 cm³/mol. The topological polar surface area (TPSA) is 58.6 Å². The molecule has 1 atom stereocenters. The van der Waals surface area contributed by atoms with Gasteiger partial charge >= 0.3 is 12.1 Å². The van der Waals surface area contributed by atoms with Crippen LogP contribution in [0.15, 0.2) is 0 Å². The maximum atomic E-state index is 11.9. The number of hydrogen-bond donors (Lipinski definition) is 1. The van der Waals surface area contributed by atoms with Crippen molar-refractivity contribution in [2.75, 3.05) is 33.3 Å². The molecule has 1 rings (SSSR count). The number of rotatable bonds is 4. The van der Waals surface area contributed by atoms with Crippen LogP contribution in [0.2, 0.25) is 0 Å². The van der Waals surface area contributed by atoms with Crippen LogP contribution in [0.4, 0.5) is 13.2 Å². The van der Waals surface area contributed by atoms with E-state index in [4.69, 9.17) is 0 Å². The summed E-state index contributed by atoms with van der Waals surface area (Å²) in [6.07, 6.45) is -3.89. The minimum atomic E-state index is -4.34. The maximum Gasteiger partial charge on any atom is 0.401 e. The number of carbonyl (C=O) groups excluding carboxylic acids is 2. The van der Waals surface area contributed by atoms with Crippen LogP contribution in [0.25, 0.3) is 0 Å². The number of likely N-dealkylation sites (tertiary alicyclic amines) is 1. The zero-order valence-electron chi connectivity index (χ0n) is 10.8. The molecule has 0 spiro atoms. The first-order chi connectivity index (χ1) is 8.68. The number of nitrogens with one attached hydrogen (secondary N) is 1. The molecule has 1 N–H and O–H groups in total. The summed E-state index contributed by atoms with van der Waals surface area (Å²) in [5.74, 6) is -0.858. The normalized spacial score (nSPS) is 23.5. The second-order valence-electron chi connectivity index (χ2n) is 4.84. The molecule has 0 radical (unpaired) electrons. The van der Waals surface area contributed by atoms with Gasteiger partial charge in [0.2, 0.25) is 5.91 Å². The van der Waals surface area contributed by atoms with Gasteiger partial charge in [-0.15, -0.1) is 0 Å². The molecule has 1 heterocycles. The van der Waals surface area contributed by atoms with Crippen molar-refractivity contribution in [3.8, 4) is 0 Å². The molecule has 0 aromatic heterocycles. The van der Waals surface area contributed by atoms with E-state index in [-0.39, 0.29) is 6.54 Å². The summed E-state index contributed by atoms with van der Waals surface area (Å²) in [5, 5.41) is 2.04. The molecule has 110 valence electrons. The molecule has 8 heteroatoms. The van der Waals surface area contributed by atoms with E-state index in [1.54, 1.807) is 6.92 Å². The number of carbonyl (C=O) groups is 2. The molecule has 1 saturated heterocycles. The van der Waals surface area contributed by atoms with Gasteiger partial charge in [0.1, 0.15) is 0 Å². The fourth-order valence-corrected chi connectivity index (χ4v) is 2.01. The van der Waals surface area contributed by atoms with Crippen molar-refractivity contribution in [1.82, 2.24) is 10.2 Å². The molecule has 1 fully saturated rings. The van der Waals surface area contributed by atoms with Crippen LogP contribution >= 0.6 is 0 Å². The molecule has 0 bridgehead atoms. The van der Waals surface area contributed by atoms with E-state index in [0.717, 1.165) is 0 Å². The molecule has 19 heavy (non-hydrogen) atoms. The molecule has 0 unspecified atom stereocenters. The van der Waals surface area contributed by atoms with Crippen molar-refractivity contribution in [1.29, 1.82) is 0 Å². The van der Waals surface area contributed by atoms with Crippen molar-refractivity contribution in [2.24, 2.45) is 5.41 Å². The fraction of sp³-hybridized carbons (Fsp3) is 0.818. The highest BCUT2D eigenvalue weighted by atomic mass is 19.4. The Morgan fingerprint density at radius 1 is 1.42 bits per heavy atom. The van der Waals surface area contributed by atoms with Gasteiger partial charge in [-0.2, -0.15) is 13.2 Å². The monoisotopic (exact) mass is 282 g/mol. The highest BCUT2D eigenvalue weighted by molar-refractivity contribution is 5.82. The van der Waals surface area contributed by atoms with Gasteiger partial charge in [-0.3, -0.25) is 9.59 Å². The molecule has 1 aliphatic heterocycles. The molecule has 0 saturated carbocycles. The Bertz CT molecular complexity index is 360. The number of nitrogens with zero attached hydrogens (tertiary/aromatic N) is 1. The van der Waals surface area contributed by atoms with Crippen LogP contribution in [-0.4, -0.2) is 56.2 Å². The number of halogens is 3. The molecule has 0 aliphatic carbocycles. The molecule has 1 amide bonds.